The monoisotopic (exact) mass is 295 g/mol. The van der Waals surface area contributed by atoms with Gasteiger partial charge in [-0.05, 0) is 12.8 Å². The summed E-state index contributed by atoms with van der Waals surface area (Å²) < 4.78 is 28.9. The Labute approximate surface area is 110 Å². The minimum Gasteiger partial charge on any atom is -0.481 e. The van der Waals surface area contributed by atoms with Crippen molar-refractivity contribution in [3.8, 4) is 0 Å². The molecule has 0 aliphatic rings. The highest BCUT2D eigenvalue weighted by atomic mass is 32.2. The van der Waals surface area contributed by atoms with E-state index in [4.69, 9.17) is 14.8 Å². The fourth-order valence-electron chi connectivity index (χ4n) is 1.65. The predicted octanol–water partition coefficient (Wildman–Crippen LogP) is 0.713. The molecule has 0 radical (unpaired) electrons. The van der Waals surface area contributed by atoms with Gasteiger partial charge in [-0.25, -0.2) is 0 Å². The molecule has 6 N–H and O–H groups in total. The molecule has 2 unspecified atom stereocenters. The second-order valence-electron chi connectivity index (χ2n) is 3.58. The normalized spacial score (nSPS) is 15.4. The van der Waals surface area contributed by atoms with Crippen LogP contribution in [0.1, 0.15) is 12.8 Å². The molecule has 0 aromatic rings. The van der Waals surface area contributed by atoms with Crippen LogP contribution >= 0.6 is 0 Å². The van der Waals surface area contributed by atoms with Crippen LogP contribution in [-0.2, 0) is 19.7 Å². The van der Waals surface area contributed by atoms with Gasteiger partial charge in [-0.3, -0.25) is 14.1 Å². The van der Waals surface area contributed by atoms with E-state index in [1.165, 1.54) is 0 Å². The summed E-state index contributed by atoms with van der Waals surface area (Å²) in [6, 6.07) is 0. The predicted molar refractivity (Wildman–Crippen MR) is 67.7 cm³/mol. The summed E-state index contributed by atoms with van der Waals surface area (Å²) >= 11 is 0. The summed E-state index contributed by atoms with van der Waals surface area (Å²) in [4.78, 5) is 22.2. The van der Waals surface area contributed by atoms with E-state index in [9.17, 15) is 18.0 Å². The van der Waals surface area contributed by atoms with Gasteiger partial charge < -0.3 is 16.4 Å². The molecule has 0 aromatic heterocycles. The minimum atomic E-state index is -5.15. The van der Waals surface area contributed by atoms with Gasteiger partial charge in [0, 0.05) is 0 Å². The average molecular weight is 295 g/mol. The Morgan fingerprint density at radius 3 is 1.89 bits per heavy atom. The molecule has 8 nitrogen and oxygen atoms in total. The Hall–Kier alpha value is -1.71. The maximum Gasteiger partial charge on any atom is 0.328 e. The van der Waals surface area contributed by atoms with Crippen molar-refractivity contribution >= 4 is 22.1 Å². The molecule has 0 aliphatic carbocycles. The van der Waals surface area contributed by atoms with Crippen LogP contribution in [0, 0.1) is 5.92 Å². The number of aliphatic carboxylic acids is 2. The van der Waals surface area contributed by atoms with E-state index in [1.807, 2.05) is 0 Å². The van der Waals surface area contributed by atoms with Crippen molar-refractivity contribution in [2.45, 2.75) is 17.6 Å². The maximum absolute atomic E-state index is 11.3. The first-order valence-corrected chi connectivity index (χ1v) is 6.24. The van der Waals surface area contributed by atoms with E-state index in [1.54, 1.807) is 0 Å². The lowest BCUT2D eigenvalue weighted by Gasteiger charge is -2.30. The van der Waals surface area contributed by atoms with Gasteiger partial charge in [-0.1, -0.05) is 12.2 Å². The van der Waals surface area contributed by atoms with Gasteiger partial charge in [0.25, 0.3) is 10.1 Å². The van der Waals surface area contributed by atoms with E-state index in [0.717, 1.165) is 12.2 Å². The van der Waals surface area contributed by atoms with Crippen molar-refractivity contribution in [3.63, 3.8) is 0 Å². The quantitative estimate of drug-likeness (QED) is 0.375. The first kappa shape index (κ1) is 19.6. The zero-order valence-electron chi connectivity index (χ0n) is 10.2. The van der Waals surface area contributed by atoms with E-state index in [-0.39, 0.29) is 6.15 Å². The molecule has 0 fully saturated rings. The number of hydrogen-bond donors (Lipinski definition) is 4. The van der Waals surface area contributed by atoms with Gasteiger partial charge in [-0.15, -0.1) is 13.2 Å². The molecule has 110 valence electrons. The second kappa shape index (κ2) is 7.02. The fourth-order valence-corrected chi connectivity index (χ4v) is 2.75. The first-order valence-electron chi connectivity index (χ1n) is 4.80. The lowest BCUT2D eigenvalue weighted by atomic mass is 9.86. The highest BCUT2D eigenvalue weighted by Gasteiger charge is 2.58. The topological polar surface area (TPSA) is 164 Å². The van der Waals surface area contributed by atoms with Gasteiger partial charge in [-0.2, -0.15) is 8.42 Å². The van der Waals surface area contributed by atoms with Crippen LogP contribution in [0.15, 0.2) is 25.3 Å². The standard InChI is InChI=1S/C10H14O7S.H3N/c1-3-5-7(8(11)12)10(6-4-2,9(13)14)18(15,16)17;/h3-4,7H,1-2,5-6H2,(H,11,12)(H,13,14)(H,15,16,17);1H3. The lowest BCUT2D eigenvalue weighted by Crippen LogP contribution is -2.54. The molecular weight excluding hydrogens is 278 g/mol. The molecule has 0 aliphatic heterocycles. The van der Waals surface area contributed by atoms with Crippen molar-refractivity contribution in [1.82, 2.24) is 6.15 Å². The van der Waals surface area contributed by atoms with E-state index in [0.29, 0.717) is 0 Å². The average Bonchev–Trinajstić information content (AvgIpc) is 2.20. The Morgan fingerprint density at radius 1 is 1.21 bits per heavy atom. The van der Waals surface area contributed by atoms with Gasteiger partial charge >= 0.3 is 11.9 Å². The lowest BCUT2D eigenvalue weighted by molar-refractivity contribution is -0.151. The highest BCUT2D eigenvalue weighted by molar-refractivity contribution is 7.88. The minimum absolute atomic E-state index is 0. The van der Waals surface area contributed by atoms with Crippen LogP contribution in [-0.4, -0.2) is 39.9 Å². The fraction of sp³-hybridized carbons (Fsp3) is 0.400. The van der Waals surface area contributed by atoms with Crippen molar-refractivity contribution in [1.29, 1.82) is 0 Å². The first-order chi connectivity index (χ1) is 8.15. The summed E-state index contributed by atoms with van der Waals surface area (Å²) in [5.74, 6) is -5.46. The molecular formula is C10H17NO7S. The van der Waals surface area contributed by atoms with E-state index >= 15 is 0 Å². The zero-order chi connectivity index (χ0) is 14.6. The Bertz CT molecular complexity index is 470. The summed E-state index contributed by atoms with van der Waals surface area (Å²) in [5, 5.41) is 18.0. The number of rotatable bonds is 8. The van der Waals surface area contributed by atoms with Gasteiger partial charge in [0.05, 0.1) is 5.92 Å². The molecule has 0 heterocycles. The Balaban J connectivity index is 0. The van der Waals surface area contributed by atoms with E-state index < -0.39 is 45.6 Å². The van der Waals surface area contributed by atoms with Crippen LogP contribution in [0.25, 0.3) is 0 Å². The molecule has 0 saturated heterocycles. The molecule has 0 spiro atoms. The number of carbonyl (C=O) groups is 2. The van der Waals surface area contributed by atoms with E-state index in [2.05, 4.69) is 13.2 Å². The van der Waals surface area contributed by atoms with Crippen LogP contribution in [0.3, 0.4) is 0 Å². The largest absolute Gasteiger partial charge is 0.481 e. The number of carboxylic acids is 2. The molecule has 0 rings (SSSR count). The smallest absolute Gasteiger partial charge is 0.328 e. The third-order valence-electron chi connectivity index (χ3n) is 2.53. The van der Waals surface area contributed by atoms with Crippen molar-refractivity contribution in [2.24, 2.45) is 5.92 Å². The number of carboxylic acid groups (broad SMARTS) is 2. The SMILES string of the molecule is C=CCC(C(=O)O)C(CC=C)(C(=O)O)S(=O)(=O)O.N. The van der Waals surface area contributed by atoms with Crippen molar-refractivity contribution in [2.75, 3.05) is 0 Å². The number of allylic oxidation sites excluding steroid dienone is 2. The molecule has 9 heteroatoms. The van der Waals surface area contributed by atoms with Gasteiger partial charge in [0.1, 0.15) is 0 Å². The Kier molecular flexibility index (Phi) is 7.25. The molecule has 19 heavy (non-hydrogen) atoms. The van der Waals surface area contributed by atoms with Gasteiger partial charge in [0.2, 0.25) is 4.75 Å². The number of hydrogen-bond acceptors (Lipinski definition) is 5. The summed E-state index contributed by atoms with van der Waals surface area (Å²) in [7, 11) is -5.15. The summed E-state index contributed by atoms with van der Waals surface area (Å²) in [5.41, 5.74) is 0. The van der Waals surface area contributed by atoms with Crippen LogP contribution in [0.5, 0.6) is 0 Å². The molecule has 0 saturated carbocycles. The molecule has 2 atom stereocenters. The van der Waals surface area contributed by atoms with Crippen molar-refractivity contribution < 1.29 is 32.8 Å². The summed E-state index contributed by atoms with van der Waals surface area (Å²) in [6.07, 6.45) is 0.854. The van der Waals surface area contributed by atoms with Crippen LogP contribution < -0.4 is 6.15 Å². The molecule has 0 amide bonds. The summed E-state index contributed by atoms with van der Waals surface area (Å²) in [6.45, 7) is 6.42. The third-order valence-corrected chi connectivity index (χ3v) is 4.08. The Morgan fingerprint density at radius 2 is 1.68 bits per heavy atom. The van der Waals surface area contributed by atoms with Crippen molar-refractivity contribution in [3.05, 3.63) is 25.3 Å². The molecule has 0 bridgehead atoms. The van der Waals surface area contributed by atoms with Gasteiger partial charge in [0.15, 0.2) is 0 Å². The van der Waals surface area contributed by atoms with Crippen LogP contribution in [0.2, 0.25) is 0 Å². The molecule has 0 aromatic carbocycles. The van der Waals surface area contributed by atoms with Crippen LogP contribution in [0.4, 0.5) is 0 Å². The maximum atomic E-state index is 11.3. The second-order valence-corrected chi connectivity index (χ2v) is 5.26. The third kappa shape index (κ3) is 3.63. The highest BCUT2D eigenvalue weighted by Crippen LogP contribution is 2.34. The zero-order valence-corrected chi connectivity index (χ0v) is 11.0.